The molecule has 1 aromatic rings. The first-order valence-corrected chi connectivity index (χ1v) is 7.72. The summed E-state index contributed by atoms with van der Waals surface area (Å²) < 4.78 is 7.83. The van der Waals surface area contributed by atoms with Crippen LogP contribution in [0.4, 0.5) is 0 Å². The Labute approximate surface area is 122 Å². The van der Waals surface area contributed by atoms with Gasteiger partial charge in [-0.05, 0) is 44.6 Å². The molecular formula is C17H27NO2. The maximum Gasteiger partial charge on any atom is 0.165 e. The van der Waals surface area contributed by atoms with Crippen LogP contribution < -0.4 is 0 Å². The number of fused-ring (bicyclic) bond motifs is 1. The number of ether oxygens (including phenoxy) is 1. The molecule has 0 saturated heterocycles. The number of hydrogen-bond acceptors (Lipinski definition) is 2. The molecule has 0 spiro atoms. The number of nitrogens with zero attached hydrogens (tertiary/aromatic N) is 1. The van der Waals surface area contributed by atoms with E-state index in [4.69, 9.17) is 4.74 Å². The van der Waals surface area contributed by atoms with E-state index in [0.29, 0.717) is 18.3 Å². The van der Waals surface area contributed by atoms with Gasteiger partial charge < -0.3 is 9.30 Å². The molecular weight excluding hydrogens is 250 g/mol. The molecule has 0 aromatic carbocycles. The summed E-state index contributed by atoms with van der Waals surface area (Å²) in [6.07, 6.45) is 6.24. The molecule has 1 aliphatic rings. The zero-order valence-electron chi connectivity index (χ0n) is 13.2. The summed E-state index contributed by atoms with van der Waals surface area (Å²) in [7, 11) is 0. The molecule has 0 bridgehead atoms. The van der Waals surface area contributed by atoms with Gasteiger partial charge in [0.05, 0.1) is 6.10 Å². The van der Waals surface area contributed by atoms with Gasteiger partial charge in [-0.25, -0.2) is 0 Å². The Bertz CT molecular complexity index is 471. The monoisotopic (exact) mass is 277 g/mol. The Morgan fingerprint density at radius 1 is 1.30 bits per heavy atom. The van der Waals surface area contributed by atoms with E-state index in [9.17, 15) is 4.79 Å². The third-order valence-electron chi connectivity index (χ3n) is 3.91. The molecule has 0 atom stereocenters. The van der Waals surface area contributed by atoms with Gasteiger partial charge in [-0.2, -0.15) is 0 Å². The van der Waals surface area contributed by atoms with Crippen LogP contribution in [-0.4, -0.2) is 23.1 Å². The van der Waals surface area contributed by atoms with Crippen molar-refractivity contribution < 1.29 is 9.53 Å². The fourth-order valence-corrected chi connectivity index (χ4v) is 2.91. The van der Waals surface area contributed by atoms with Crippen molar-refractivity contribution in [1.29, 1.82) is 0 Å². The van der Waals surface area contributed by atoms with Crippen LogP contribution in [0.5, 0.6) is 0 Å². The van der Waals surface area contributed by atoms with Crippen LogP contribution >= 0.6 is 0 Å². The van der Waals surface area contributed by atoms with Crippen molar-refractivity contribution in [3.05, 3.63) is 23.5 Å². The van der Waals surface area contributed by atoms with Crippen LogP contribution in [0.3, 0.4) is 0 Å². The van der Waals surface area contributed by atoms with Gasteiger partial charge in [0.2, 0.25) is 0 Å². The number of rotatable bonds is 6. The number of aromatic nitrogens is 1. The number of carbonyl (C=O) groups excluding carboxylic acids is 1. The second kappa shape index (κ2) is 6.13. The molecule has 0 fully saturated rings. The average molecular weight is 277 g/mol. The molecule has 1 aliphatic carbocycles. The highest BCUT2D eigenvalue weighted by atomic mass is 16.5. The molecule has 1 aromatic heterocycles. The Morgan fingerprint density at radius 2 is 2.05 bits per heavy atom. The summed E-state index contributed by atoms with van der Waals surface area (Å²) in [6.45, 7) is 10.3. The van der Waals surface area contributed by atoms with Gasteiger partial charge in [0.25, 0.3) is 0 Å². The fraction of sp³-hybridized carbons (Fsp3) is 0.706. The zero-order valence-corrected chi connectivity index (χ0v) is 13.2. The van der Waals surface area contributed by atoms with Gasteiger partial charge in [0, 0.05) is 37.0 Å². The standard InChI is InChI=1S/C17H27NO2/c1-13(2)20-10-6-5-8-18-9-7-14-15(18)11-17(3,4)12-16(14)19/h7,9,13H,5-6,8,10-12H2,1-4H3. The van der Waals surface area contributed by atoms with Crippen LogP contribution in [0.25, 0.3) is 0 Å². The van der Waals surface area contributed by atoms with E-state index in [-0.39, 0.29) is 5.41 Å². The van der Waals surface area contributed by atoms with Gasteiger partial charge in [-0.15, -0.1) is 0 Å². The van der Waals surface area contributed by atoms with E-state index >= 15 is 0 Å². The van der Waals surface area contributed by atoms with Gasteiger partial charge in [-0.1, -0.05) is 13.8 Å². The third kappa shape index (κ3) is 3.72. The van der Waals surface area contributed by atoms with Crippen molar-refractivity contribution >= 4 is 5.78 Å². The number of aryl methyl sites for hydroxylation is 1. The van der Waals surface area contributed by atoms with Crippen molar-refractivity contribution in [2.24, 2.45) is 5.41 Å². The molecule has 0 aliphatic heterocycles. The lowest BCUT2D eigenvalue weighted by molar-refractivity contribution is 0.0753. The highest BCUT2D eigenvalue weighted by molar-refractivity contribution is 5.98. The van der Waals surface area contributed by atoms with Crippen LogP contribution in [0, 0.1) is 5.41 Å². The van der Waals surface area contributed by atoms with Crippen LogP contribution in [-0.2, 0) is 17.7 Å². The molecule has 0 N–H and O–H groups in total. The summed E-state index contributed by atoms with van der Waals surface area (Å²) in [5.74, 6) is 0.304. The third-order valence-corrected chi connectivity index (χ3v) is 3.91. The number of Topliss-reactive ketones (excluding diaryl/α,β-unsaturated/α-hetero) is 1. The fourth-order valence-electron chi connectivity index (χ4n) is 2.91. The summed E-state index contributed by atoms with van der Waals surface area (Å²) in [6, 6.07) is 2.00. The van der Waals surface area contributed by atoms with Crippen LogP contribution in [0.2, 0.25) is 0 Å². The molecule has 3 heteroatoms. The molecule has 0 radical (unpaired) electrons. The maximum atomic E-state index is 12.1. The number of carbonyl (C=O) groups is 1. The minimum Gasteiger partial charge on any atom is -0.379 e. The first-order valence-electron chi connectivity index (χ1n) is 7.72. The van der Waals surface area contributed by atoms with E-state index in [1.807, 2.05) is 6.07 Å². The van der Waals surface area contributed by atoms with Crippen molar-refractivity contribution in [3.63, 3.8) is 0 Å². The van der Waals surface area contributed by atoms with E-state index in [1.165, 1.54) is 5.69 Å². The molecule has 0 unspecified atom stereocenters. The van der Waals surface area contributed by atoms with Crippen molar-refractivity contribution in [2.75, 3.05) is 6.61 Å². The lowest BCUT2D eigenvalue weighted by atomic mass is 9.76. The minimum absolute atomic E-state index is 0.0982. The van der Waals surface area contributed by atoms with Gasteiger partial charge in [-0.3, -0.25) is 4.79 Å². The van der Waals surface area contributed by atoms with Crippen LogP contribution in [0.1, 0.15) is 63.0 Å². The van der Waals surface area contributed by atoms with E-state index in [2.05, 4.69) is 38.5 Å². The number of unbranched alkanes of at least 4 members (excludes halogenated alkanes) is 1. The Hall–Kier alpha value is -1.09. The second-order valence-electron chi connectivity index (χ2n) is 6.94. The zero-order chi connectivity index (χ0) is 14.8. The molecule has 1 heterocycles. The maximum absolute atomic E-state index is 12.1. The minimum atomic E-state index is 0.0982. The summed E-state index contributed by atoms with van der Waals surface area (Å²) in [5, 5.41) is 0. The Kier molecular flexibility index (Phi) is 4.69. The van der Waals surface area contributed by atoms with Crippen molar-refractivity contribution in [2.45, 2.75) is 66.0 Å². The predicted molar refractivity (Wildman–Crippen MR) is 81.2 cm³/mol. The topological polar surface area (TPSA) is 31.2 Å². The Morgan fingerprint density at radius 3 is 2.75 bits per heavy atom. The van der Waals surface area contributed by atoms with E-state index in [1.54, 1.807) is 0 Å². The summed E-state index contributed by atoms with van der Waals surface area (Å²) >= 11 is 0. The van der Waals surface area contributed by atoms with Gasteiger partial charge >= 0.3 is 0 Å². The largest absolute Gasteiger partial charge is 0.379 e. The van der Waals surface area contributed by atoms with Gasteiger partial charge in [0.1, 0.15) is 0 Å². The second-order valence-corrected chi connectivity index (χ2v) is 6.94. The van der Waals surface area contributed by atoms with Crippen molar-refractivity contribution in [1.82, 2.24) is 4.57 Å². The summed E-state index contributed by atoms with van der Waals surface area (Å²) in [4.78, 5) is 12.1. The molecule has 0 saturated carbocycles. The van der Waals surface area contributed by atoms with E-state index < -0.39 is 0 Å². The molecule has 3 nitrogen and oxygen atoms in total. The number of hydrogen-bond donors (Lipinski definition) is 0. The highest BCUT2D eigenvalue weighted by Crippen LogP contribution is 2.35. The SMILES string of the molecule is CC(C)OCCCCn1ccc2c1CC(C)(C)CC2=O. The van der Waals surface area contributed by atoms with Crippen LogP contribution in [0.15, 0.2) is 12.3 Å². The van der Waals surface area contributed by atoms with Crippen molar-refractivity contribution in [3.8, 4) is 0 Å². The molecule has 112 valence electrons. The predicted octanol–water partition coefficient (Wildman–Crippen LogP) is 3.85. The highest BCUT2D eigenvalue weighted by Gasteiger charge is 2.32. The molecule has 20 heavy (non-hydrogen) atoms. The normalized spacial score (nSPS) is 17.6. The smallest absolute Gasteiger partial charge is 0.165 e. The quantitative estimate of drug-likeness (QED) is 0.740. The average Bonchev–Trinajstić information content (AvgIpc) is 2.70. The first kappa shape index (κ1) is 15.3. The van der Waals surface area contributed by atoms with Gasteiger partial charge in [0.15, 0.2) is 5.78 Å². The van der Waals surface area contributed by atoms with E-state index in [0.717, 1.165) is 38.0 Å². The lowest BCUT2D eigenvalue weighted by Crippen LogP contribution is -2.28. The molecule has 2 rings (SSSR count). The number of ketones is 1. The first-order chi connectivity index (χ1) is 9.39. The lowest BCUT2D eigenvalue weighted by Gasteiger charge is -2.29. The summed E-state index contributed by atoms with van der Waals surface area (Å²) in [5.41, 5.74) is 2.28. The Balaban J connectivity index is 1.93. The molecule has 0 amide bonds.